The Kier molecular flexibility index (Phi) is 11.2. The van der Waals surface area contributed by atoms with Crippen LogP contribution in [-0.4, -0.2) is 50.4 Å². The number of halogens is 6. The molecule has 38 heavy (non-hydrogen) atoms. The number of benzene rings is 1. The Morgan fingerprint density at radius 3 is 1.50 bits per heavy atom. The largest absolute Gasteiger partial charge is 0.466 e. The lowest BCUT2D eigenvalue weighted by molar-refractivity contribution is -0.152. The topological polar surface area (TPSA) is 113 Å². The summed E-state index contributed by atoms with van der Waals surface area (Å²) in [5, 5.41) is 0. The van der Waals surface area contributed by atoms with Crippen LogP contribution in [0, 0.1) is 0 Å². The van der Waals surface area contributed by atoms with Gasteiger partial charge in [-0.1, -0.05) is 0 Å². The Labute approximate surface area is 215 Å². The highest BCUT2D eigenvalue weighted by Crippen LogP contribution is 2.42. The molecule has 0 saturated carbocycles. The van der Waals surface area contributed by atoms with Crippen molar-refractivity contribution in [2.75, 3.05) is 13.2 Å². The van der Waals surface area contributed by atoms with Gasteiger partial charge in [0.25, 0.3) is 0 Å². The number of carbonyl (C=O) groups is 3. The van der Waals surface area contributed by atoms with Gasteiger partial charge in [0.1, 0.15) is 0 Å². The molecule has 216 valence electrons. The molecule has 0 amide bonds. The second-order valence-corrected chi connectivity index (χ2v) is 10.6. The molecule has 0 aromatic heterocycles. The molecular formula is C23H28F6O8S. The highest BCUT2D eigenvalue weighted by molar-refractivity contribution is 7.93. The van der Waals surface area contributed by atoms with Gasteiger partial charge in [-0.15, -0.1) is 0 Å². The first-order valence-corrected chi connectivity index (χ1v) is 12.9. The van der Waals surface area contributed by atoms with E-state index in [0.717, 1.165) is 0 Å². The maximum absolute atomic E-state index is 13.8. The number of carbonyl (C=O) groups excluding carboxylic acids is 3. The Balaban J connectivity index is 3.97. The van der Waals surface area contributed by atoms with Crippen molar-refractivity contribution in [3.8, 4) is 0 Å². The van der Waals surface area contributed by atoms with Crippen LogP contribution < -0.4 is 0 Å². The number of ether oxygens (including phenoxy) is 3. The van der Waals surface area contributed by atoms with Gasteiger partial charge < -0.3 is 14.2 Å². The summed E-state index contributed by atoms with van der Waals surface area (Å²) < 4.78 is 120. The minimum atomic E-state index is -5.48. The number of alkyl halides is 6. The van der Waals surface area contributed by atoms with E-state index < -0.39 is 92.7 Å². The van der Waals surface area contributed by atoms with Crippen molar-refractivity contribution in [3.05, 3.63) is 29.3 Å². The van der Waals surface area contributed by atoms with Crippen LogP contribution in [0.5, 0.6) is 0 Å². The summed E-state index contributed by atoms with van der Waals surface area (Å²) >= 11 is 0. The Morgan fingerprint density at radius 2 is 1.18 bits per heavy atom. The van der Waals surface area contributed by atoms with Crippen molar-refractivity contribution >= 4 is 27.7 Å². The highest BCUT2D eigenvalue weighted by Gasteiger charge is 2.54. The maximum Gasteiger partial charge on any atom is 0.416 e. The fourth-order valence-electron chi connectivity index (χ4n) is 3.41. The quantitative estimate of drug-likeness (QED) is 0.196. The van der Waals surface area contributed by atoms with Crippen LogP contribution in [0.25, 0.3) is 0 Å². The molecule has 0 aliphatic carbocycles. The van der Waals surface area contributed by atoms with Crippen molar-refractivity contribution in [1.29, 1.82) is 0 Å². The second-order valence-electron chi connectivity index (χ2n) is 8.30. The molecule has 0 aliphatic rings. The van der Waals surface area contributed by atoms with Crippen LogP contribution in [0.15, 0.2) is 23.1 Å². The zero-order valence-corrected chi connectivity index (χ0v) is 21.8. The summed E-state index contributed by atoms with van der Waals surface area (Å²) in [6, 6.07) is -0.363. The molecule has 0 saturated heterocycles. The lowest BCUT2D eigenvalue weighted by Crippen LogP contribution is -2.49. The predicted octanol–water partition coefficient (Wildman–Crippen LogP) is 4.87. The van der Waals surface area contributed by atoms with E-state index in [1.807, 2.05) is 0 Å². The molecule has 0 fully saturated rings. The average Bonchev–Trinajstić information content (AvgIpc) is 2.77. The molecule has 0 heterocycles. The number of sulfone groups is 1. The first-order valence-electron chi connectivity index (χ1n) is 11.4. The summed E-state index contributed by atoms with van der Waals surface area (Å²) in [7, 11) is -5.48. The van der Waals surface area contributed by atoms with Gasteiger partial charge in [0, 0.05) is 12.8 Å². The zero-order valence-electron chi connectivity index (χ0n) is 21.0. The fourth-order valence-corrected chi connectivity index (χ4v) is 5.43. The van der Waals surface area contributed by atoms with E-state index in [1.165, 1.54) is 27.7 Å². The molecule has 0 atom stereocenters. The van der Waals surface area contributed by atoms with Crippen LogP contribution in [0.4, 0.5) is 26.3 Å². The SMILES string of the molecule is CCOC(=O)CCC(CCC(=O)OCC)(C(=O)OC(C)C)S(=O)(=O)c1cc(C(F)(F)F)cc(C(F)(F)F)c1. The van der Waals surface area contributed by atoms with Crippen molar-refractivity contribution in [1.82, 2.24) is 0 Å². The maximum atomic E-state index is 13.8. The lowest BCUT2D eigenvalue weighted by Gasteiger charge is -2.32. The Bertz CT molecular complexity index is 1060. The Morgan fingerprint density at radius 1 is 0.789 bits per heavy atom. The number of hydrogen-bond donors (Lipinski definition) is 0. The van der Waals surface area contributed by atoms with Crippen molar-refractivity contribution in [2.24, 2.45) is 0 Å². The van der Waals surface area contributed by atoms with Crippen molar-refractivity contribution in [3.63, 3.8) is 0 Å². The molecule has 1 aromatic rings. The summed E-state index contributed by atoms with van der Waals surface area (Å²) in [6.07, 6.45) is -15.2. The molecule has 1 aromatic carbocycles. The third kappa shape index (κ3) is 8.33. The molecule has 0 radical (unpaired) electrons. The molecule has 0 bridgehead atoms. The summed E-state index contributed by atoms with van der Waals surface area (Å²) in [6.45, 7) is 5.21. The molecule has 8 nitrogen and oxygen atoms in total. The van der Waals surface area contributed by atoms with Gasteiger partial charge in [0.15, 0.2) is 14.6 Å². The average molecular weight is 579 g/mol. The molecule has 15 heteroatoms. The third-order valence-corrected chi connectivity index (χ3v) is 7.64. The lowest BCUT2D eigenvalue weighted by atomic mass is 9.96. The number of esters is 3. The van der Waals surface area contributed by atoms with Gasteiger partial charge in [0.2, 0.25) is 0 Å². The van der Waals surface area contributed by atoms with E-state index in [0.29, 0.717) is 0 Å². The van der Waals surface area contributed by atoms with Crippen molar-refractivity contribution in [2.45, 2.75) is 81.5 Å². The highest BCUT2D eigenvalue weighted by atomic mass is 32.2. The minimum absolute atomic E-state index is 0.0449. The zero-order chi connectivity index (χ0) is 29.5. The van der Waals surface area contributed by atoms with E-state index in [-0.39, 0.29) is 31.4 Å². The van der Waals surface area contributed by atoms with E-state index in [2.05, 4.69) is 0 Å². The summed E-state index contributed by atoms with van der Waals surface area (Å²) in [4.78, 5) is 35.9. The molecule has 0 N–H and O–H groups in total. The molecule has 0 spiro atoms. The van der Waals surface area contributed by atoms with E-state index >= 15 is 0 Å². The first-order chi connectivity index (χ1) is 17.3. The number of hydrogen-bond acceptors (Lipinski definition) is 8. The monoisotopic (exact) mass is 578 g/mol. The van der Waals surface area contributed by atoms with Gasteiger partial charge in [-0.25, -0.2) is 8.42 Å². The third-order valence-electron chi connectivity index (χ3n) is 5.18. The fraction of sp³-hybridized carbons (Fsp3) is 0.609. The van der Waals surface area contributed by atoms with Gasteiger partial charge >= 0.3 is 30.3 Å². The van der Waals surface area contributed by atoms with E-state index in [1.54, 1.807) is 0 Å². The van der Waals surface area contributed by atoms with E-state index in [9.17, 15) is 49.1 Å². The van der Waals surface area contributed by atoms with Gasteiger partial charge in [-0.2, -0.15) is 26.3 Å². The van der Waals surface area contributed by atoms with Crippen molar-refractivity contribution < 1.29 is 63.4 Å². The van der Waals surface area contributed by atoms with Gasteiger partial charge in [0.05, 0.1) is 35.3 Å². The van der Waals surface area contributed by atoms with Gasteiger partial charge in [-0.3, -0.25) is 14.4 Å². The van der Waals surface area contributed by atoms with Crippen LogP contribution in [-0.2, 0) is 50.8 Å². The molecule has 1 rings (SSSR count). The second kappa shape index (κ2) is 12.8. The van der Waals surface area contributed by atoms with Gasteiger partial charge in [-0.05, 0) is 58.7 Å². The molecule has 0 unspecified atom stereocenters. The smallest absolute Gasteiger partial charge is 0.416 e. The summed E-state index contributed by atoms with van der Waals surface area (Å²) in [5.74, 6) is -3.56. The van der Waals surface area contributed by atoms with E-state index in [4.69, 9.17) is 14.2 Å². The molecule has 0 aliphatic heterocycles. The Hall–Kier alpha value is -2.84. The molecular weight excluding hydrogens is 550 g/mol. The predicted molar refractivity (Wildman–Crippen MR) is 119 cm³/mol. The van der Waals surface area contributed by atoms with Crippen LogP contribution >= 0.6 is 0 Å². The van der Waals surface area contributed by atoms with Crippen LogP contribution in [0.2, 0.25) is 0 Å². The summed E-state index contributed by atoms with van der Waals surface area (Å²) in [5.41, 5.74) is -3.87. The first kappa shape index (κ1) is 33.2. The number of rotatable bonds is 12. The normalized spacial score (nSPS) is 12.8. The minimum Gasteiger partial charge on any atom is -0.466 e. The van der Waals surface area contributed by atoms with Crippen LogP contribution in [0.1, 0.15) is 64.5 Å². The van der Waals surface area contributed by atoms with Crippen LogP contribution in [0.3, 0.4) is 0 Å². The standard InChI is InChI=1S/C23H28F6O8S/c1-5-35-18(30)7-9-21(20(32)37-14(3)4,10-8-19(31)36-6-2)38(33,34)17-12-15(22(24,25)26)11-16(13-17)23(27,28)29/h11-14H,5-10H2,1-4H3.